The van der Waals surface area contributed by atoms with Crippen molar-refractivity contribution in [1.82, 2.24) is 10.2 Å². The van der Waals surface area contributed by atoms with E-state index in [4.69, 9.17) is 20.8 Å². The van der Waals surface area contributed by atoms with Crippen molar-refractivity contribution in [2.24, 2.45) is 5.41 Å². The van der Waals surface area contributed by atoms with Gasteiger partial charge in [-0.2, -0.15) is 0 Å². The molecular weight excluding hydrogens is 242 g/mol. The molecule has 1 heterocycles. The molecule has 1 aromatic heterocycles. The third-order valence-electron chi connectivity index (χ3n) is 3.54. The summed E-state index contributed by atoms with van der Waals surface area (Å²) in [7, 11) is 1.74. The predicted molar refractivity (Wildman–Crippen MR) is 65.2 cm³/mol. The Morgan fingerprint density at radius 3 is 2.71 bits per heavy atom. The molecule has 0 amide bonds. The molecule has 0 bridgehead atoms. The maximum absolute atomic E-state index is 5.86. The minimum absolute atomic E-state index is 0.0654. The van der Waals surface area contributed by atoms with Crippen LogP contribution in [-0.4, -0.2) is 29.5 Å². The second kappa shape index (κ2) is 4.46. The summed E-state index contributed by atoms with van der Waals surface area (Å²) in [6, 6.07) is 0.714. The van der Waals surface area contributed by atoms with Crippen molar-refractivity contribution in [3.8, 4) is 0 Å². The van der Waals surface area contributed by atoms with E-state index in [1.54, 1.807) is 14.0 Å². The molecule has 1 N–H and O–H groups in total. The highest BCUT2D eigenvalue weighted by Crippen LogP contribution is 2.43. The maximum atomic E-state index is 5.86. The molecule has 5 nitrogen and oxygen atoms in total. The molecule has 1 saturated carbocycles. The molecule has 0 spiro atoms. The van der Waals surface area contributed by atoms with Gasteiger partial charge in [-0.25, -0.2) is 0 Å². The van der Waals surface area contributed by atoms with Gasteiger partial charge in [0.2, 0.25) is 5.89 Å². The summed E-state index contributed by atoms with van der Waals surface area (Å²) >= 11 is 5.86. The zero-order valence-electron chi connectivity index (χ0n) is 10.5. The Balaban J connectivity index is 1.98. The maximum Gasteiger partial charge on any atom is 0.315 e. The van der Waals surface area contributed by atoms with E-state index in [9.17, 15) is 0 Å². The Morgan fingerprint density at radius 1 is 1.53 bits per heavy atom. The van der Waals surface area contributed by atoms with E-state index in [2.05, 4.69) is 29.4 Å². The standard InChI is InChI=1S/C11H18ClN3O2/c1-6(12)9-14-15-10(17-9)13-7-5-8(16-4)11(7,2)3/h6-8H,5H2,1-4H3,(H,13,15). The van der Waals surface area contributed by atoms with E-state index in [1.807, 2.05) is 0 Å². The van der Waals surface area contributed by atoms with Crippen molar-refractivity contribution in [3.63, 3.8) is 0 Å². The molecule has 3 atom stereocenters. The van der Waals surface area contributed by atoms with Crippen LogP contribution in [0.25, 0.3) is 0 Å². The molecule has 2 rings (SSSR count). The molecule has 0 aromatic carbocycles. The first kappa shape index (κ1) is 12.6. The monoisotopic (exact) mass is 259 g/mol. The number of aromatic nitrogens is 2. The Hall–Kier alpha value is -0.810. The van der Waals surface area contributed by atoms with E-state index < -0.39 is 0 Å². The van der Waals surface area contributed by atoms with Crippen LogP contribution < -0.4 is 5.32 Å². The Bertz CT molecular complexity index is 392. The van der Waals surface area contributed by atoms with Crippen molar-refractivity contribution in [2.75, 3.05) is 12.4 Å². The lowest BCUT2D eigenvalue weighted by Gasteiger charge is -2.50. The summed E-state index contributed by atoms with van der Waals surface area (Å²) in [5, 5.41) is 10.8. The van der Waals surface area contributed by atoms with Gasteiger partial charge in [0.25, 0.3) is 0 Å². The van der Waals surface area contributed by atoms with Gasteiger partial charge in [-0.3, -0.25) is 0 Å². The van der Waals surface area contributed by atoms with Gasteiger partial charge in [0.1, 0.15) is 5.38 Å². The largest absolute Gasteiger partial charge is 0.406 e. The Kier molecular flexibility index (Phi) is 3.32. The number of halogens is 1. The number of nitrogens with zero attached hydrogens (tertiary/aromatic N) is 2. The summed E-state index contributed by atoms with van der Waals surface area (Å²) in [5.74, 6) is 0.439. The van der Waals surface area contributed by atoms with Crippen LogP contribution in [0.4, 0.5) is 6.01 Å². The summed E-state index contributed by atoms with van der Waals surface area (Å²) in [5.41, 5.74) is 0.0654. The molecule has 1 aliphatic carbocycles. The van der Waals surface area contributed by atoms with Crippen LogP contribution in [-0.2, 0) is 4.74 Å². The van der Waals surface area contributed by atoms with Gasteiger partial charge in [-0.1, -0.05) is 18.9 Å². The van der Waals surface area contributed by atoms with Crippen LogP contribution in [0.2, 0.25) is 0 Å². The topological polar surface area (TPSA) is 60.2 Å². The Morgan fingerprint density at radius 2 is 2.24 bits per heavy atom. The summed E-state index contributed by atoms with van der Waals surface area (Å²) in [6.45, 7) is 6.11. The second-order valence-corrected chi connectivity index (χ2v) is 5.69. The SMILES string of the molecule is COC1CC(Nc2nnc(C(C)Cl)o2)C1(C)C. The quantitative estimate of drug-likeness (QED) is 0.843. The number of methoxy groups -OCH3 is 1. The average Bonchev–Trinajstić information content (AvgIpc) is 2.72. The molecule has 3 unspecified atom stereocenters. The van der Waals surface area contributed by atoms with E-state index in [0.29, 0.717) is 11.9 Å². The average molecular weight is 260 g/mol. The van der Waals surface area contributed by atoms with Gasteiger partial charge in [-0.15, -0.1) is 16.7 Å². The third kappa shape index (κ3) is 2.26. The molecule has 6 heteroatoms. The Labute approximate surface area is 106 Å². The van der Waals surface area contributed by atoms with Crippen LogP contribution in [0, 0.1) is 5.41 Å². The van der Waals surface area contributed by atoms with E-state index in [0.717, 1.165) is 6.42 Å². The minimum Gasteiger partial charge on any atom is -0.406 e. The fraction of sp³-hybridized carbons (Fsp3) is 0.818. The molecule has 0 radical (unpaired) electrons. The molecule has 1 aromatic rings. The van der Waals surface area contributed by atoms with Gasteiger partial charge in [0.05, 0.1) is 6.10 Å². The number of anilines is 1. The molecule has 0 aliphatic heterocycles. The van der Waals surface area contributed by atoms with Gasteiger partial charge >= 0.3 is 6.01 Å². The number of hydrogen-bond acceptors (Lipinski definition) is 5. The zero-order chi connectivity index (χ0) is 12.6. The third-order valence-corrected chi connectivity index (χ3v) is 3.73. The molecule has 0 saturated heterocycles. The second-order valence-electron chi connectivity index (χ2n) is 5.04. The number of alkyl halides is 1. The summed E-state index contributed by atoms with van der Waals surface area (Å²) in [6.07, 6.45) is 1.21. The fourth-order valence-electron chi connectivity index (χ4n) is 2.13. The van der Waals surface area contributed by atoms with Crippen molar-refractivity contribution in [3.05, 3.63) is 5.89 Å². The molecular formula is C11H18ClN3O2. The van der Waals surface area contributed by atoms with E-state index in [-0.39, 0.29) is 22.9 Å². The summed E-state index contributed by atoms with van der Waals surface area (Å²) in [4.78, 5) is 0. The predicted octanol–water partition coefficient (Wildman–Crippen LogP) is 2.59. The highest BCUT2D eigenvalue weighted by atomic mass is 35.5. The lowest BCUT2D eigenvalue weighted by molar-refractivity contribution is -0.0800. The fourth-order valence-corrected chi connectivity index (χ4v) is 2.22. The van der Waals surface area contributed by atoms with Crippen molar-refractivity contribution >= 4 is 17.6 Å². The van der Waals surface area contributed by atoms with Crippen molar-refractivity contribution in [2.45, 2.75) is 44.7 Å². The van der Waals surface area contributed by atoms with E-state index in [1.165, 1.54) is 0 Å². The number of ether oxygens (including phenoxy) is 1. The van der Waals surface area contributed by atoms with Crippen LogP contribution in [0.1, 0.15) is 38.5 Å². The van der Waals surface area contributed by atoms with Crippen molar-refractivity contribution in [1.29, 1.82) is 0 Å². The molecule has 17 heavy (non-hydrogen) atoms. The van der Waals surface area contributed by atoms with Gasteiger partial charge < -0.3 is 14.5 Å². The normalized spacial score (nSPS) is 28.5. The highest BCUT2D eigenvalue weighted by molar-refractivity contribution is 6.20. The van der Waals surface area contributed by atoms with Crippen LogP contribution in [0.3, 0.4) is 0 Å². The first-order valence-corrected chi connectivity index (χ1v) is 6.15. The lowest BCUT2D eigenvalue weighted by Crippen LogP contribution is -2.57. The van der Waals surface area contributed by atoms with Crippen LogP contribution >= 0.6 is 11.6 Å². The van der Waals surface area contributed by atoms with Crippen molar-refractivity contribution < 1.29 is 9.15 Å². The van der Waals surface area contributed by atoms with E-state index >= 15 is 0 Å². The summed E-state index contributed by atoms with van der Waals surface area (Å²) < 4.78 is 10.8. The number of hydrogen-bond donors (Lipinski definition) is 1. The van der Waals surface area contributed by atoms with Crippen LogP contribution in [0.15, 0.2) is 4.42 Å². The highest BCUT2D eigenvalue weighted by Gasteiger charge is 2.49. The molecule has 96 valence electrons. The smallest absolute Gasteiger partial charge is 0.315 e. The first-order chi connectivity index (χ1) is 7.95. The van der Waals surface area contributed by atoms with Gasteiger partial charge in [0.15, 0.2) is 0 Å². The number of nitrogens with one attached hydrogen (secondary N) is 1. The lowest BCUT2D eigenvalue weighted by atomic mass is 9.64. The van der Waals surface area contributed by atoms with Gasteiger partial charge in [0, 0.05) is 18.6 Å². The molecule has 1 fully saturated rings. The first-order valence-electron chi connectivity index (χ1n) is 5.72. The van der Waals surface area contributed by atoms with Gasteiger partial charge in [-0.05, 0) is 13.3 Å². The zero-order valence-corrected chi connectivity index (χ0v) is 11.3. The minimum atomic E-state index is -0.265. The number of rotatable bonds is 4. The van der Waals surface area contributed by atoms with Crippen LogP contribution in [0.5, 0.6) is 0 Å². The molecule has 1 aliphatic rings.